The molecule has 5 nitrogen and oxygen atoms in total. The van der Waals surface area contributed by atoms with Crippen molar-refractivity contribution in [1.82, 2.24) is 4.98 Å². The SMILES string of the molecule is O=C(O)N(c1ccc2c(c1)OCc1cnccc1-2)c1ccc2ccccc2c1. The van der Waals surface area contributed by atoms with Gasteiger partial charge >= 0.3 is 6.09 Å². The molecule has 0 saturated carbocycles. The molecule has 0 radical (unpaired) electrons. The van der Waals surface area contributed by atoms with Crippen molar-refractivity contribution in [3.8, 4) is 16.9 Å². The number of hydrogen-bond donors (Lipinski definition) is 1. The molecule has 3 aromatic carbocycles. The Bertz CT molecular complexity index is 1220. The number of hydrogen-bond acceptors (Lipinski definition) is 3. The average molecular weight is 368 g/mol. The van der Waals surface area contributed by atoms with Crippen LogP contribution in [0.2, 0.25) is 0 Å². The van der Waals surface area contributed by atoms with Crippen molar-refractivity contribution in [2.45, 2.75) is 6.61 Å². The van der Waals surface area contributed by atoms with Crippen LogP contribution in [-0.4, -0.2) is 16.2 Å². The molecule has 1 N–H and O–H groups in total. The number of aromatic nitrogens is 1. The van der Waals surface area contributed by atoms with Crippen LogP contribution in [-0.2, 0) is 6.61 Å². The first-order chi connectivity index (χ1) is 13.7. The Morgan fingerprint density at radius 2 is 1.71 bits per heavy atom. The second-order valence-electron chi connectivity index (χ2n) is 6.65. The number of carboxylic acid groups (broad SMARTS) is 1. The minimum Gasteiger partial charge on any atom is -0.488 e. The van der Waals surface area contributed by atoms with Crippen LogP contribution in [0.15, 0.2) is 79.1 Å². The van der Waals surface area contributed by atoms with Gasteiger partial charge in [-0.25, -0.2) is 9.69 Å². The van der Waals surface area contributed by atoms with Gasteiger partial charge in [-0.3, -0.25) is 4.98 Å². The number of pyridine rings is 1. The van der Waals surface area contributed by atoms with E-state index in [2.05, 4.69) is 4.98 Å². The van der Waals surface area contributed by atoms with Gasteiger partial charge in [0.2, 0.25) is 0 Å². The average Bonchev–Trinajstić information content (AvgIpc) is 2.73. The van der Waals surface area contributed by atoms with Crippen molar-refractivity contribution in [1.29, 1.82) is 0 Å². The fourth-order valence-electron chi connectivity index (χ4n) is 3.64. The molecule has 0 unspecified atom stereocenters. The van der Waals surface area contributed by atoms with Gasteiger partial charge in [0.05, 0.1) is 11.4 Å². The van der Waals surface area contributed by atoms with Crippen molar-refractivity contribution in [3.05, 3.63) is 84.7 Å². The normalized spacial score (nSPS) is 12.0. The summed E-state index contributed by atoms with van der Waals surface area (Å²) in [5.74, 6) is 0.670. The Morgan fingerprint density at radius 1 is 0.929 bits per heavy atom. The van der Waals surface area contributed by atoms with Gasteiger partial charge in [-0.1, -0.05) is 30.3 Å². The van der Waals surface area contributed by atoms with Crippen molar-refractivity contribution in [2.75, 3.05) is 4.90 Å². The zero-order valence-corrected chi connectivity index (χ0v) is 14.9. The minimum absolute atomic E-state index is 0.419. The zero-order valence-electron chi connectivity index (χ0n) is 14.9. The first-order valence-electron chi connectivity index (χ1n) is 8.93. The highest BCUT2D eigenvalue weighted by atomic mass is 16.5. The van der Waals surface area contributed by atoms with E-state index in [1.807, 2.05) is 54.6 Å². The highest BCUT2D eigenvalue weighted by Crippen LogP contribution is 2.40. The Morgan fingerprint density at radius 3 is 2.57 bits per heavy atom. The van der Waals surface area contributed by atoms with Gasteiger partial charge in [0.1, 0.15) is 12.4 Å². The Hall–Kier alpha value is -3.86. The number of rotatable bonds is 2. The summed E-state index contributed by atoms with van der Waals surface area (Å²) in [4.78, 5) is 17.5. The van der Waals surface area contributed by atoms with Gasteiger partial charge < -0.3 is 9.84 Å². The summed E-state index contributed by atoms with van der Waals surface area (Å²) in [5, 5.41) is 11.9. The van der Waals surface area contributed by atoms with Crippen molar-refractivity contribution in [3.63, 3.8) is 0 Å². The molecular formula is C23H16N2O3. The van der Waals surface area contributed by atoms with Crippen molar-refractivity contribution >= 4 is 28.2 Å². The van der Waals surface area contributed by atoms with Crippen LogP contribution in [0.3, 0.4) is 0 Å². The van der Waals surface area contributed by atoms with Gasteiger partial charge in [-0.05, 0) is 46.7 Å². The molecule has 28 heavy (non-hydrogen) atoms. The van der Waals surface area contributed by atoms with Crippen LogP contribution < -0.4 is 9.64 Å². The fraction of sp³-hybridized carbons (Fsp3) is 0.0435. The standard InChI is InChI=1S/C23H16N2O3/c26-23(27)25(18-6-5-15-3-1-2-4-16(15)11-18)19-7-8-21-20-9-10-24-13-17(20)14-28-22(21)12-19/h1-13H,14H2,(H,26,27). The number of ether oxygens (including phenoxy) is 1. The van der Waals surface area contributed by atoms with E-state index in [9.17, 15) is 9.90 Å². The smallest absolute Gasteiger partial charge is 0.416 e. The van der Waals surface area contributed by atoms with Gasteiger partial charge in [0.25, 0.3) is 0 Å². The van der Waals surface area contributed by atoms with Gasteiger partial charge in [-0.2, -0.15) is 0 Å². The summed E-state index contributed by atoms with van der Waals surface area (Å²) in [6.07, 6.45) is 2.50. The lowest BCUT2D eigenvalue weighted by Crippen LogP contribution is -2.23. The van der Waals surface area contributed by atoms with E-state index in [4.69, 9.17) is 4.74 Å². The zero-order chi connectivity index (χ0) is 19.1. The summed E-state index contributed by atoms with van der Waals surface area (Å²) in [6.45, 7) is 0.419. The Balaban J connectivity index is 1.61. The molecule has 0 spiro atoms. The molecule has 2 heterocycles. The third kappa shape index (κ3) is 2.65. The number of benzene rings is 3. The highest BCUT2D eigenvalue weighted by Gasteiger charge is 2.22. The molecule has 1 amide bonds. The maximum atomic E-state index is 12.1. The molecule has 1 aliphatic rings. The molecule has 0 saturated heterocycles. The fourth-order valence-corrected chi connectivity index (χ4v) is 3.64. The molecule has 0 bridgehead atoms. The van der Waals surface area contributed by atoms with Gasteiger partial charge in [0, 0.05) is 29.6 Å². The number of nitrogens with zero attached hydrogens (tertiary/aromatic N) is 2. The first kappa shape index (κ1) is 16.3. The second kappa shape index (κ2) is 6.39. The summed E-state index contributed by atoms with van der Waals surface area (Å²) < 4.78 is 5.87. The predicted molar refractivity (Wildman–Crippen MR) is 108 cm³/mol. The lowest BCUT2D eigenvalue weighted by molar-refractivity contribution is 0.205. The molecule has 0 aliphatic carbocycles. The minimum atomic E-state index is -1.05. The van der Waals surface area contributed by atoms with E-state index in [1.54, 1.807) is 24.5 Å². The molecule has 5 heteroatoms. The van der Waals surface area contributed by atoms with E-state index in [-0.39, 0.29) is 0 Å². The molecule has 136 valence electrons. The Kier molecular flexibility index (Phi) is 3.72. The topological polar surface area (TPSA) is 62.7 Å². The van der Waals surface area contributed by atoms with Crippen LogP contribution in [0.25, 0.3) is 21.9 Å². The van der Waals surface area contributed by atoms with Gasteiger partial charge in [0.15, 0.2) is 0 Å². The number of carbonyl (C=O) groups is 1. The molecule has 5 rings (SSSR count). The third-order valence-corrected chi connectivity index (χ3v) is 4.98. The highest BCUT2D eigenvalue weighted by molar-refractivity contribution is 5.98. The lowest BCUT2D eigenvalue weighted by atomic mass is 9.98. The van der Waals surface area contributed by atoms with Crippen molar-refractivity contribution in [2.24, 2.45) is 0 Å². The molecule has 0 fully saturated rings. The van der Waals surface area contributed by atoms with Crippen LogP contribution >= 0.6 is 0 Å². The summed E-state index contributed by atoms with van der Waals surface area (Å²) in [5.41, 5.74) is 4.16. The van der Waals surface area contributed by atoms with E-state index >= 15 is 0 Å². The molecule has 1 aromatic heterocycles. The summed E-state index contributed by atoms with van der Waals surface area (Å²) in [7, 11) is 0. The lowest BCUT2D eigenvalue weighted by Gasteiger charge is -2.24. The largest absolute Gasteiger partial charge is 0.488 e. The molecular weight excluding hydrogens is 352 g/mol. The molecule has 1 aliphatic heterocycles. The first-order valence-corrected chi connectivity index (χ1v) is 8.93. The molecule has 4 aromatic rings. The van der Waals surface area contributed by atoms with E-state index in [1.165, 1.54) is 4.90 Å². The summed E-state index contributed by atoms with van der Waals surface area (Å²) in [6, 6.07) is 20.9. The number of anilines is 2. The third-order valence-electron chi connectivity index (χ3n) is 4.98. The van der Waals surface area contributed by atoms with Crippen LogP contribution in [0, 0.1) is 0 Å². The van der Waals surface area contributed by atoms with E-state index < -0.39 is 6.09 Å². The van der Waals surface area contributed by atoms with E-state index in [0.29, 0.717) is 23.7 Å². The summed E-state index contributed by atoms with van der Waals surface area (Å²) >= 11 is 0. The molecule has 0 atom stereocenters. The second-order valence-corrected chi connectivity index (χ2v) is 6.65. The number of fused-ring (bicyclic) bond motifs is 4. The van der Waals surface area contributed by atoms with E-state index in [0.717, 1.165) is 27.5 Å². The number of amides is 1. The maximum Gasteiger partial charge on any atom is 0.416 e. The predicted octanol–water partition coefficient (Wildman–Crippen LogP) is 5.61. The van der Waals surface area contributed by atoms with Gasteiger partial charge in [-0.15, -0.1) is 0 Å². The van der Waals surface area contributed by atoms with Crippen LogP contribution in [0.1, 0.15) is 5.56 Å². The quantitative estimate of drug-likeness (QED) is 0.499. The van der Waals surface area contributed by atoms with Crippen LogP contribution in [0.4, 0.5) is 16.2 Å². The maximum absolute atomic E-state index is 12.1. The van der Waals surface area contributed by atoms with Crippen LogP contribution in [0.5, 0.6) is 5.75 Å². The monoisotopic (exact) mass is 368 g/mol. The Labute approximate surface area is 161 Å². The van der Waals surface area contributed by atoms with Crippen molar-refractivity contribution < 1.29 is 14.6 Å².